The zero-order chi connectivity index (χ0) is 25.1. The highest BCUT2D eigenvalue weighted by Gasteiger charge is 2.32. The first-order chi connectivity index (χ1) is 16.0. The number of carbonyl (C=O) groups excluding carboxylic acids is 1. The minimum Gasteiger partial charge on any atom is -0.497 e. The lowest BCUT2D eigenvalue weighted by Crippen LogP contribution is -2.53. The highest BCUT2D eigenvalue weighted by Crippen LogP contribution is 2.33. The monoisotopic (exact) mass is 511 g/mol. The van der Waals surface area contributed by atoms with Gasteiger partial charge in [0.1, 0.15) is 18.0 Å². The highest BCUT2D eigenvalue weighted by molar-refractivity contribution is 7.92. The Bertz CT molecular complexity index is 1240. The summed E-state index contributed by atoms with van der Waals surface area (Å²) >= 11 is 0. The van der Waals surface area contributed by atoms with Crippen molar-refractivity contribution in [3.05, 3.63) is 48.0 Å². The van der Waals surface area contributed by atoms with E-state index in [1.807, 2.05) is 6.92 Å². The van der Waals surface area contributed by atoms with Gasteiger partial charge in [0.25, 0.3) is 0 Å². The molecule has 1 fully saturated rings. The molecule has 0 saturated carbocycles. The number of methoxy groups -OCH3 is 2. The number of rotatable bonds is 8. The molecule has 1 aliphatic heterocycles. The number of sulfonamides is 2. The van der Waals surface area contributed by atoms with Gasteiger partial charge in [-0.3, -0.25) is 9.10 Å². The van der Waals surface area contributed by atoms with Crippen molar-refractivity contribution in [1.82, 2.24) is 9.21 Å². The molecule has 34 heavy (non-hydrogen) atoms. The van der Waals surface area contributed by atoms with E-state index in [4.69, 9.17) is 9.47 Å². The number of anilines is 1. The Balaban J connectivity index is 1.75. The van der Waals surface area contributed by atoms with Crippen molar-refractivity contribution < 1.29 is 31.1 Å². The summed E-state index contributed by atoms with van der Waals surface area (Å²) in [7, 11) is -4.66. The zero-order valence-corrected chi connectivity index (χ0v) is 21.2. The molecule has 0 bridgehead atoms. The summed E-state index contributed by atoms with van der Waals surface area (Å²) in [6.07, 6.45) is 1.01. The van der Waals surface area contributed by atoms with E-state index in [0.29, 0.717) is 5.75 Å². The van der Waals surface area contributed by atoms with Crippen LogP contribution in [0.25, 0.3) is 0 Å². The lowest BCUT2D eigenvalue weighted by atomic mass is 10.2. The van der Waals surface area contributed by atoms with Crippen LogP contribution in [0.3, 0.4) is 0 Å². The maximum atomic E-state index is 13.0. The molecule has 186 valence electrons. The molecular formula is C22H29N3O7S2. The van der Waals surface area contributed by atoms with Crippen molar-refractivity contribution >= 4 is 31.6 Å². The second-order valence-electron chi connectivity index (χ2n) is 7.91. The van der Waals surface area contributed by atoms with Crippen LogP contribution in [0.15, 0.2) is 47.4 Å². The first-order valence-electron chi connectivity index (χ1n) is 10.5. The Morgan fingerprint density at radius 3 is 2.09 bits per heavy atom. The van der Waals surface area contributed by atoms with Crippen molar-refractivity contribution in [1.29, 1.82) is 0 Å². The Kier molecular flexibility index (Phi) is 7.74. The third kappa shape index (κ3) is 5.62. The molecule has 2 aromatic rings. The molecule has 0 radical (unpaired) electrons. The average molecular weight is 512 g/mol. The SMILES string of the molecule is COc1ccc(OC)c(N(CC(=O)N2CCN(S(=O)(=O)c3ccc(C)cc3)CC2)S(C)(=O)=O)c1. The summed E-state index contributed by atoms with van der Waals surface area (Å²) < 4.78 is 63.7. The van der Waals surface area contributed by atoms with Crippen LogP contribution < -0.4 is 13.8 Å². The Labute approximate surface area is 200 Å². The van der Waals surface area contributed by atoms with Gasteiger partial charge in [0.2, 0.25) is 26.0 Å². The quantitative estimate of drug-likeness (QED) is 0.525. The van der Waals surface area contributed by atoms with Gasteiger partial charge in [-0.2, -0.15) is 4.31 Å². The van der Waals surface area contributed by atoms with E-state index >= 15 is 0 Å². The summed E-state index contributed by atoms with van der Waals surface area (Å²) in [5.74, 6) is 0.238. The van der Waals surface area contributed by atoms with Crippen LogP contribution in [0.4, 0.5) is 5.69 Å². The molecular weight excluding hydrogens is 482 g/mol. The topological polar surface area (TPSA) is 114 Å². The van der Waals surface area contributed by atoms with Crippen LogP contribution >= 0.6 is 0 Å². The Hall–Kier alpha value is -2.83. The lowest BCUT2D eigenvalue weighted by molar-refractivity contribution is -0.130. The predicted molar refractivity (Wildman–Crippen MR) is 128 cm³/mol. The molecule has 3 rings (SSSR count). The molecule has 0 N–H and O–H groups in total. The van der Waals surface area contributed by atoms with Gasteiger partial charge in [-0.15, -0.1) is 0 Å². The van der Waals surface area contributed by atoms with Gasteiger partial charge in [-0.25, -0.2) is 16.8 Å². The van der Waals surface area contributed by atoms with Gasteiger partial charge in [0.15, 0.2) is 0 Å². The van der Waals surface area contributed by atoms with E-state index in [1.54, 1.807) is 36.4 Å². The van der Waals surface area contributed by atoms with Crippen molar-refractivity contribution in [2.45, 2.75) is 11.8 Å². The molecule has 0 atom stereocenters. The molecule has 0 spiro atoms. The normalized spacial score (nSPS) is 15.1. The summed E-state index contributed by atoms with van der Waals surface area (Å²) in [5, 5.41) is 0. The number of benzene rings is 2. The zero-order valence-electron chi connectivity index (χ0n) is 19.6. The maximum Gasteiger partial charge on any atom is 0.243 e. The largest absolute Gasteiger partial charge is 0.497 e. The van der Waals surface area contributed by atoms with E-state index in [0.717, 1.165) is 16.1 Å². The standard InChI is InChI=1S/C22H29N3O7S2/c1-17-5-8-19(9-6-17)34(29,30)24-13-11-23(12-14-24)22(26)16-25(33(4,27)28)20-15-18(31-2)7-10-21(20)32-3/h5-10,15H,11-14,16H2,1-4H3. The van der Waals surface area contributed by atoms with Crippen LogP contribution in [0.1, 0.15) is 5.56 Å². The number of nitrogens with zero attached hydrogens (tertiary/aromatic N) is 3. The molecule has 0 unspecified atom stereocenters. The van der Waals surface area contributed by atoms with Crippen molar-refractivity contribution in [2.24, 2.45) is 0 Å². The Morgan fingerprint density at radius 2 is 1.56 bits per heavy atom. The lowest BCUT2D eigenvalue weighted by Gasteiger charge is -2.35. The first kappa shape index (κ1) is 25.8. The maximum absolute atomic E-state index is 13.0. The molecule has 1 amide bonds. The number of carbonyl (C=O) groups is 1. The predicted octanol–water partition coefficient (Wildman–Crippen LogP) is 1.31. The van der Waals surface area contributed by atoms with Crippen molar-refractivity contribution in [2.75, 3.05) is 57.5 Å². The van der Waals surface area contributed by atoms with Crippen LogP contribution in [0.2, 0.25) is 0 Å². The van der Waals surface area contributed by atoms with Crippen molar-refractivity contribution in [3.63, 3.8) is 0 Å². The third-order valence-corrected chi connectivity index (χ3v) is 8.62. The fourth-order valence-electron chi connectivity index (χ4n) is 3.63. The summed E-state index contributed by atoms with van der Waals surface area (Å²) in [6, 6.07) is 11.3. The molecule has 10 nitrogen and oxygen atoms in total. The summed E-state index contributed by atoms with van der Waals surface area (Å²) in [6.45, 7) is 1.95. The van der Waals surface area contributed by atoms with Gasteiger partial charge in [-0.05, 0) is 31.2 Å². The van der Waals surface area contributed by atoms with Gasteiger partial charge in [0, 0.05) is 32.2 Å². The van der Waals surface area contributed by atoms with Crippen molar-refractivity contribution in [3.8, 4) is 11.5 Å². The molecule has 2 aromatic carbocycles. The van der Waals surface area contributed by atoms with E-state index in [2.05, 4.69) is 0 Å². The number of amides is 1. The third-order valence-electron chi connectivity index (χ3n) is 5.58. The number of piperazine rings is 1. The number of hydrogen-bond acceptors (Lipinski definition) is 7. The van der Waals surface area contributed by atoms with E-state index in [1.165, 1.54) is 29.5 Å². The van der Waals surface area contributed by atoms with Gasteiger partial charge >= 0.3 is 0 Å². The van der Waals surface area contributed by atoms with E-state index < -0.39 is 32.5 Å². The van der Waals surface area contributed by atoms with Gasteiger partial charge < -0.3 is 14.4 Å². The smallest absolute Gasteiger partial charge is 0.243 e. The fourth-order valence-corrected chi connectivity index (χ4v) is 5.90. The van der Waals surface area contributed by atoms with E-state index in [-0.39, 0.29) is 42.5 Å². The molecule has 1 heterocycles. The Morgan fingerprint density at radius 1 is 0.941 bits per heavy atom. The van der Waals surface area contributed by atoms with Crippen LogP contribution in [0, 0.1) is 6.92 Å². The van der Waals surface area contributed by atoms with Crippen LogP contribution in [-0.4, -0.2) is 85.1 Å². The number of ether oxygens (including phenoxy) is 2. The molecule has 1 saturated heterocycles. The molecule has 0 aliphatic carbocycles. The minimum absolute atomic E-state index is 0.114. The first-order valence-corrected chi connectivity index (χ1v) is 13.8. The average Bonchev–Trinajstić information content (AvgIpc) is 2.81. The van der Waals surface area contributed by atoms with E-state index in [9.17, 15) is 21.6 Å². The second kappa shape index (κ2) is 10.2. The highest BCUT2D eigenvalue weighted by atomic mass is 32.2. The number of hydrogen-bond donors (Lipinski definition) is 0. The second-order valence-corrected chi connectivity index (χ2v) is 11.8. The van der Waals surface area contributed by atoms with Crippen LogP contribution in [-0.2, 0) is 24.8 Å². The summed E-state index contributed by atoms with van der Waals surface area (Å²) in [4.78, 5) is 14.7. The number of aryl methyl sites for hydroxylation is 1. The molecule has 0 aromatic heterocycles. The summed E-state index contributed by atoms with van der Waals surface area (Å²) in [5.41, 5.74) is 1.13. The van der Waals surface area contributed by atoms with Crippen LogP contribution in [0.5, 0.6) is 11.5 Å². The molecule has 12 heteroatoms. The minimum atomic E-state index is -3.84. The van der Waals surface area contributed by atoms with Gasteiger partial charge in [0.05, 0.1) is 31.1 Å². The van der Waals surface area contributed by atoms with Gasteiger partial charge in [-0.1, -0.05) is 17.7 Å². The molecule has 1 aliphatic rings. The fraction of sp³-hybridized carbons (Fsp3) is 0.409.